The molecule has 1 radical (unpaired) electrons. The number of thiol groups is 1. The van der Waals surface area contributed by atoms with Crippen molar-refractivity contribution in [1.82, 2.24) is 0 Å². The average Bonchev–Trinajstić information content (AvgIpc) is 0.722. The zero-order valence-electron chi connectivity index (χ0n) is 2.45. The summed E-state index contributed by atoms with van der Waals surface area (Å²) in [5.41, 5.74) is 0. The molecule has 0 atom stereocenters. The standard InChI is InChI=1S/Ir.Na.H2O3S2.H/c;;1-5(2,3)4;/h;;(H2,1,2,3,4);. The van der Waals surface area contributed by atoms with Crippen LogP contribution in [0.1, 0.15) is 0 Å². The van der Waals surface area contributed by atoms with Gasteiger partial charge in [-0.25, -0.2) is 0 Å². The van der Waals surface area contributed by atoms with E-state index in [1.165, 1.54) is 0 Å². The van der Waals surface area contributed by atoms with Crippen molar-refractivity contribution in [3.05, 3.63) is 0 Å². The third kappa shape index (κ3) is 75.8. The fraction of sp³-hybridized carbons (Fsp3) is 0. The summed E-state index contributed by atoms with van der Waals surface area (Å²) >= 11 is 2.65. The van der Waals surface area contributed by atoms with Crippen LogP contribution in [0.25, 0.3) is 0 Å². The van der Waals surface area contributed by atoms with Gasteiger partial charge in [0, 0.05) is 20.1 Å². The van der Waals surface area contributed by atoms with Crippen LogP contribution in [0.2, 0.25) is 0 Å². The van der Waals surface area contributed by atoms with E-state index < -0.39 is 9.15 Å². The van der Waals surface area contributed by atoms with Gasteiger partial charge in [-0.2, -0.15) is 8.42 Å². The Kier molecular flexibility index (Phi) is 13.8. The van der Waals surface area contributed by atoms with Crippen LogP contribution in [0.5, 0.6) is 0 Å². The molecule has 0 heterocycles. The Bertz CT molecular complexity index is 96.1. The molecule has 0 unspecified atom stereocenters. The monoisotopic (exact) mass is 331 g/mol. The molecule has 0 saturated heterocycles. The van der Waals surface area contributed by atoms with Gasteiger partial charge in [0.25, 0.3) is 0 Å². The first-order chi connectivity index (χ1) is 2.00. The molecule has 0 fully saturated rings. The second kappa shape index (κ2) is 6.04. The summed E-state index contributed by atoms with van der Waals surface area (Å²) in [6.45, 7) is 0. The Morgan fingerprint density at radius 2 is 1.43 bits per heavy atom. The summed E-state index contributed by atoms with van der Waals surface area (Å²) in [4.78, 5) is 0. The Balaban J connectivity index is -0.0000000800. The van der Waals surface area contributed by atoms with Gasteiger partial charge in [0.15, 0.2) is 0 Å². The van der Waals surface area contributed by atoms with Gasteiger partial charge in [0.1, 0.15) is 0 Å². The van der Waals surface area contributed by atoms with Crippen molar-refractivity contribution in [3.63, 3.8) is 0 Å². The van der Waals surface area contributed by atoms with Gasteiger partial charge < -0.3 is 0 Å². The van der Waals surface area contributed by atoms with Crippen LogP contribution >= 0.6 is 11.7 Å². The molecular weight excluding hydrogens is 327 g/mol. The fourth-order valence-electron chi connectivity index (χ4n) is 0. The average molecular weight is 330 g/mol. The van der Waals surface area contributed by atoms with Crippen LogP contribution in [-0.2, 0) is 29.3 Å². The minimum absolute atomic E-state index is 0. The van der Waals surface area contributed by atoms with Crippen molar-refractivity contribution >= 4 is 50.4 Å². The van der Waals surface area contributed by atoms with Crippen molar-refractivity contribution in [2.24, 2.45) is 0 Å². The maximum absolute atomic E-state index is 9.05. The van der Waals surface area contributed by atoms with Gasteiger partial charge in [-0.15, -0.1) is 0 Å². The molecule has 0 aliphatic carbocycles. The Hall–Kier alpha value is 1.91. The van der Waals surface area contributed by atoms with Gasteiger partial charge in [0.2, 0.25) is 0 Å². The van der Waals surface area contributed by atoms with Crippen LogP contribution in [0.4, 0.5) is 0 Å². The van der Waals surface area contributed by atoms with Crippen LogP contribution in [-0.4, -0.2) is 42.5 Å². The molecule has 0 aromatic carbocycles. The van der Waals surface area contributed by atoms with Gasteiger partial charge in [0.05, 0.1) is 0 Å². The van der Waals surface area contributed by atoms with E-state index in [4.69, 9.17) is 13.0 Å². The summed E-state index contributed by atoms with van der Waals surface area (Å²) in [6.07, 6.45) is 0. The van der Waals surface area contributed by atoms with E-state index in [9.17, 15) is 0 Å². The van der Waals surface area contributed by atoms with Crippen molar-refractivity contribution in [2.75, 3.05) is 0 Å². The van der Waals surface area contributed by atoms with E-state index in [-0.39, 0.29) is 49.7 Å². The fourth-order valence-corrected chi connectivity index (χ4v) is 0. The molecule has 0 rings (SSSR count). The zero-order valence-corrected chi connectivity index (χ0v) is 6.56. The first-order valence-corrected chi connectivity index (χ1v) is 3.19. The van der Waals surface area contributed by atoms with E-state index >= 15 is 0 Å². The molecule has 0 aliphatic rings. The third-order valence-electron chi connectivity index (χ3n) is 0. The van der Waals surface area contributed by atoms with Crippen molar-refractivity contribution in [2.45, 2.75) is 0 Å². The summed E-state index contributed by atoms with van der Waals surface area (Å²) in [5, 5.41) is 0. The van der Waals surface area contributed by atoms with Crippen molar-refractivity contribution < 1.29 is 33.1 Å². The van der Waals surface area contributed by atoms with Gasteiger partial charge in [-0.3, -0.25) is 4.55 Å². The first kappa shape index (κ1) is 16.0. The molecule has 7 heteroatoms. The number of hydrogen-bond donors (Lipinski definition) is 2. The first-order valence-electron chi connectivity index (χ1n) is 0.698. The topological polar surface area (TPSA) is 54.4 Å². The quantitative estimate of drug-likeness (QED) is 0.261. The normalized spacial score (nSPS) is 8.29. The van der Waals surface area contributed by atoms with E-state index in [2.05, 4.69) is 11.7 Å². The molecule has 7 heavy (non-hydrogen) atoms. The molecule has 3 nitrogen and oxygen atoms in total. The van der Waals surface area contributed by atoms with E-state index in [1.54, 1.807) is 0 Å². The van der Waals surface area contributed by atoms with E-state index in [0.29, 0.717) is 0 Å². The van der Waals surface area contributed by atoms with Crippen LogP contribution in [0, 0.1) is 0 Å². The summed E-state index contributed by atoms with van der Waals surface area (Å²) in [5.74, 6) is 0. The number of rotatable bonds is 0. The Morgan fingerprint density at radius 3 is 1.43 bits per heavy atom. The van der Waals surface area contributed by atoms with E-state index in [0.717, 1.165) is 0 Å². The molecule has 1 N–H and O–H groups in total. The summed E-state index contributed by atoms with van der Waals surface area (Å²) in [6, 6.07) is 0. The van der Waals surface area contributed by atoms with Crippen molar-refractivity contribution in [1.29, 1.82) is 0 Å². The van der Waals surface area contributed by atoms with Crippen LogP contribution < -0.4 is 0 Å². The van der Waals surface area contributed by atoms with Crippen molar-refractivity contribution in [3.8, 4) is 0 Å². The zero-order chi connectivity index (χ0) is 4.50. The Labute approximate surface area is 82.4 Å². The Morgan fingerprint density at radius 1 is 1.43 bits per heavy atom. The van der Waals surface area contributed by atoms with Crippen LogP contribution in [0.15, 0.2) is 0 Å². The molecular formula is H3IrNaO3S2. The predicted molar refractivity (Wildman–Crippen MR) is 27.7 cm³/mol. The maximum atomic E-state index is 9.05. The predicted octanol–water partition coefficient (Wildman–Crippen LogP) is -0.932. The molecule has 0 saturated carbocycles. The summed E-state index contributed by atoms with van der Waals surface area (Å²) < 4.78 is 25.5. The minimum atomic E-state index is -3.97. The third-order valence-corrected chi connectivity index (χ3v) is 0. The van der Waals surface area contributed by atoms with Gasteiger partial charge >= 0.3 is 38.7 Å². The molecule has 0 aliphatic heterocycles. The second-order valence-corrected chi connectivity index (χ2v) is 2.73. The molecule has 0 spiro atoms. The second-order valence-electron chi connectivity index (χ2n) is 0.448. The molecule has 0 bridgehead atoms. The SMILES string of the molecule is O=S(=O)(O)S.[Ir].[NaH]. The summed E-state index contributed by atoms with van der Waals surface area (Å²) in [7, 11) is -3.97. The molecule has 43 valence electrons. The van der Waals surface area contributed by atoms with Gasteiger partial charge in [-0.05, 0) is 11.7 Å². The molecule has 0 aromatic rings. The van der Waals surface area contributed by atoms with Gasteiger partial charge in [-0.1, -0.05) is 0 Å². The van der Waals surface area contributed by atoms with Crippen LogP contribution in [0.3, 0.4) is 0 Å². The molecule has 0 amide bonds. The molecule has 0 aromatic heterocycles. The van der Waals surface area contributed by atoms with E-state index in [1.807, 2.05) is 0 Å². The number of hydrogen-bond acceptors (Lipinski definition) is 2.